The molecule has 1 atom stereocenters. The molecule has 0 radical (unpaired) electrons. The molecule has 1 aliphatic heterocycles. The van der Waals surface area contributed by atoms with Crippen LogP contribution in [0.2, 0.25) is 0 Å². The monoisotopic (exact) mass is 511 g/mol. The van der Waals surface area contributed by atoms with Crippen molar-refractivity contribution in [2.45, 2.75) is 38.3 Å². The van der Waals surface area contributed by atoms with Crippen molar-refractivity contribution in [1.82, 2.24) is 10.0 Å². The SMILES string of the molecule is CN1C(=O)[C@H](NC(=O)Nc2cccc(C(=O)NS(C)(=O)=O)c2)N=C(C2CCCCC2)c2ccccc21. The molecular formula is C25H29N5O5S. The van der Waals surface area contributed by atoms with Crippen LogP contribution in [-0.2, 0) is 14.8 Å². The van der Waals surface area contributed by atoms with E-state index >= 15 is 0 Å². The summed E-state index contributed by atoms with van der Waals surface area (Å²) in [7, 11) is -2.07. The molecule has 0 aromatic heterocycles. The Morgan fingerprint density at radius 3 is 2.47 bits per heavy atom. The second kappa shape index (κ2) is 10.5. The lowest BCUT2D eigenvalue weighted by atomic mass is 9.83. The fourth-order valence-corrected chi connectivity index (χ4v) is 5.06. The third-order valence-electron chi connectivity index (χ3n) is 6.29. The number of carbonyl (C=O) groups is 3. The quantitative estimate of drug-likeness (QED) is 0.567. The number of para-hydroxylation sites is 1. The zero-order valence-corrected chi connectivity index (χ0v) is 21.0. The van der Waals surface area contributed by atoms with Gasteiger partial charge in [0.15, 0.2) is 0 Å². The first kappa shape index (κ1) is 25.4. The number of urea groups is 1. The van der Waals surface area contributed by atoms with Crippen LogP contribution in [0.5, 0.6) is 0 Å². The molecule has 4 amide bonds. The highest BCUT2D eigenvalue weighted by molar-refractivity contribution is 7.89. The van der Waals surface area contributed by atoms with Crippen molar-refractivity contribution in [3.8, 4) is 0 Å². The maximum Gasteiger partial charge on any atom is 0.321 e. The third kappa shape index (κ3) is 5.91. The van der Waals surface area contributed by atoms with Gasteiger partial charge in [-0.1, -0.05) is 43.5 Å². The van der Waals surface area contributed by atoms with E-state index in [2.05, 4.69) is 10.6 Å². The maximum absolute atomic E-state index is 13.3. The predicted molar refractivity (Wildman–Crippen MR) is 138 cm³/mol. The first-order chi connectivity index (χ1) is 17.1. The lowest BCUT2D eigenvalue weighted by molar-refractivity contribution is -0.119. The van der Waals surface area contributed by atoms with E-state index in [1.165, 1.54) is 29.5 Å². The lowest BCUT2D eigenvalue weighted by Gasteiger charge is -2.25. The van der Waals surface area contributed by atoms with Gasteiger partial charge in [-0.3, -0.25) is 14.6 Å². The first-order valence-corrected chi connectivity index (χ1v) is 13.7. The number of nitrogens with one attached hydrogen (secondary N) is 3. The lowest BCUT2D eigenvalue weighted by Crippen LogP contribution is -2.47. The fourth-order valence-electron chi connectivity index (χ4n) is 4.60. The number of amides is 4. The molecule has 0 bridgehead atoms. The molecule has 1 saturated carbocycles. The standard InChI is InChI=1S/C25H29N5O5S/c1-30-20-14-7-6-13-19(20)21(16-9-4-3-5-10-16)27-22(24(30)32)28-25(33)26-18-12-8-11-17(15-18)23(31)29-36(2,34)35/h6-8,11-16,22H,3-5,9-10H2,1-2H3,(H,29,31)(H2,26,28,33)/t22-/m0/s1. The Hall–Kier alpha value is -3.73. The molecule has 36 heavy (non-hydrogen) atoms. The topological polar surface area (TPSA) is 137 Å². The van der Waals surface area contributed by atoms with Gasteiger partial charge in [0.25, 0.3) is 11.8 Å². The highest BCUT2D eigenvalue weighted by Gasteiger charge is 2.33. The number of benzodiazepines with no additional fused rings is 1. The largest absolute Gasteiger partial charge is 0.321 e. The number of aliphatic imine (C=N–C) groups is 1. The van der Waals surface area contributed by atoms with Crippen molar-refractivity contribution in [1.29, 1.82) is 0 Å². The number of carbonyl (C=O) groups excluding carboxylic acids is 3. The van der Waals surface area contributed by atoms with E-state index in [0.29, 0.717) is 0 Å². The highest BCUT2D eigenvalue weighted by atomic mass is 32.2. The van der Waals surface area contributed by atoms with Crippen LogP contribution in [0.4, 0.5) is 16.2 Å². The Kier molecular flexibility index (Phi) is 7.39. The maximum atomic E-state index is 13.3. The highest BCUT2D eigenvalue weighted by Crippen LogP contribution is 2.33. The van der Waals surface area contributed by atoms with Crippen molar-refractivity contribution < 1.29 is 22.8 Å². The molecule has 1 heterocycles. The summed E-state index contributed by atoms with van der Waals surface area (Å²) in [5.74, 6) is -0.983. The molecule has 2 aliphatic rings. The summed E-state index contributed by atoms with van der Waals surface area (Å²) >= 11 is 0. The molecule has 2 aromatic rings. The van der Waals surface area contributed by atoms with Gasteiger partial charge < -0.3 is 15.5 Å². The molecular weight excluding hydrogens is 482 g/mol. The number of hydrogen-bond acceptors (Lipinski definition) is 6. The number of likely N-dealkylation sites (N-methyl/N-ethyl adjacent to an activating group) is 1. The Bertz CT molecular complexity index is 1320. The zero-order valence-electron chi connectivity index (χ0n) is 20.2. The molecule has 4 rings (SSSR count). The average Bonchev–Trinajstić information content (AvgIpc) is 2.94. The van der Waals surface area contributed by atoms with Gasteiger partial charge in [0.1, 0.15) is 0 Å². The van der Waals surface area contributed by atoms with Crippen LogP contribution in [0.1, 0.15) is 48.0 Å². The Morgan fingerprint density at radius 1 is 1.03 bits per heavy atom. The Morgan fingerprint density at radius 2 is 1.75 bits per heavy atom. The van der Waals surface area contributed by atoms with Crippen molar-refractivity contribution in [2.75, 3.05) is 23.5 Å². The van der Waals surface area contributed by atoms with Crippen LogP contribution in [0.3, 0.4) is 0 Å². The van der Waals surface area contributed by atoms with Gasteiger partial charge >= 0.3 is 6.03 Å². The van der Waals surface area contributed by atoms with Gasteiger partial charge in [0.2, 0.25) is 16.2 Å². The molecule has 3 N–H and O–H groups in total. The molecule has 190 valence electrons. The predicted octanol–water partition coefficient (Wildman–Crippen LogP) is 2.87. The van der Waals surface area contributed by atoms with Crippen LogP contribution in [0.25, 0.3) is 0 Å². The van der Waals surface area contributed by atoms with E-state index in [9.17, 15) is 22.8 Å². The van der Waals surface area contributed by atoms with E-state index in [1.54, 1.807) is 13.1 Å². The number of benzene rings is 2. The summed E-state index contributed by atoms with van der Waals surface area (Å²) in [5.41, 5.74) is 2.78. The van der Waals surface area contributed by atoms with Crippen molar-refractivity contribution in [3.63, 3.8) is 0 Å². The molecule has 0 unspecified atom stereocenters. The van der Waals surface area contributed by atoms with E-state index < -0.39 is 28.1 Å². The van der Waals surface area contributed by atoms with Crippen LogP contribution in [-0.4, -0.2) is 51.4 Å². The summed E-state index contributed by atoms with van der Waals surface area (Å²) in [6, 6.07) is 12.8. The summed E-state index contributed by atoms with van der Waals surface area (Å²) in [6.07, 6.45) is 5.07. The number of anilines is 2. The van der Waals surface area contributed by atoms with E-state index in [0.717, 1.165) is 48.9 Å². The Balaban J connectivity index is 1.56. The van der Waals surface area contributed by atoms with Crippen molar-refractivity contribution >= 4 is 45.0 Å². The Labute approximate surface area is 210 Å². The fraction of sp³-hybridized carbons (Fsp3) is 0.360. The zero-order chi connectivity index (χ0) is 25.9. The normalized spacial score (nSPS) is 18.5. The smallest absolute Gasteiger partial charge is 0.311 e. The third-order valence-corrected chi connectivity index (χ3v) is 6.85. The van der Waals surface area contributed by atoms with Crippen LogP contribution >= 0.6 is 0 Å². The summed E-state index contributed by atoms with van der Waals surface area (Å²) < 4.78 is 24.6. The molecule has 0 spiro atoms. The molecule has 2 aromatic carbocycles. The molecule has 10 nitrogen and oxygen atoms in total. The van der Waals surface area contributed by atoms with Crippen LogP contribution in [0, 0.1) is 5.92 Å². The van der Waals surface area contributed by atoms with Gasteiger partial charge in [-0.05, 0) is 37.1 Å². The second-order valence-electron chi connectivity index (χ2n) is 9.05. The molecule has 1 aliphatic carbocycles. The number of sulfonamides is 1. The minimum absolute atomic E-state index is 0.0524. The van der Waals surface area contributed by atoms with Crippen LogP contribution in [0.15, 0.2) is 53.5 Å². The van der Waals surface area contributed by atoms with E-state index in [1.807, 2.05) is 29.0 Å². The molecule has 11 heteroatoms. The second-order valence-corrected chi connectivity index (χ2v) is 10.8. The van der Waals surface area contributed by atoms with E-state index in [4.69, 9.17) is 4.99 Å². The van der Waals surface area contributed by atoms with Gasteiger partial charge in [-0.2, -0.15) is 0 Å². The number of rotatable bonds is 5. The summed E-state index contributed by atoms with van der Waals surface area (Å²) in [4.78, 5) is 44.5. The van der Waals surface area contributed by atoms with Crippen molar-refractivity contribution in [3.05, 3.63) is 59.7 Å². The van der Waals surface area contributed by atoms with Gasteiger partial charge in [0, 0.05) is 29.8 Å². The minimum Gasteiger partial charge on any atom is -0.311 e. The van der Waals surface area contributed by atoms with Gasteiger partial charge in [-0.25, -0.2) is 17.9 Å². The van der Waals surface area contributed by atoms with Gasteiger partial charge in [-0.15, -0.1) is 0 Å². The number of nitrogens with zero attached hydrogens (tertiary/aromatic N) is 2. The molecule has 0 saturated heterocycles. The number of hydrogen-bond donors (Lipinski definition) is 3. The summed E-state index contributed by atoms with van der Waals surface area (Å²) in [5, 5.41) is 5.25. The molecule has 1 fully saturated rings. The average molecular weight is 512 g/mol. The minimum atomic E-state index is -3.73. The first-order valence-electron chi connectivity index (χ1n) is 11.8. The number of fused-ring (bicyclic) bond motifs is 1. The van der Waals surface area contributed by atoms with E-state index in [-0.39, 0.29) is 23.1 Å². The van der Waals surface area contributed by atoms with Gasteiger partial charge in [0.05, 0.1) is 17.7 Å². The van der Waals surface area contributed by atoms with Crippen LogP contribution < -0.4 is 20.3 Å². The summed E-state index contributed by atoms with van der Waals surface area (Å²) in [6.45, 7) is 0. The van der Waals surface area contributed by atoms with Crippen molar-refractivity contribution in [2.24, 2.45) is 10.9 Å².